The predicted octanol–water partition coefficient (Wildman–Crippen LogP) is 3.04. The Labute approximate surface area is 112 Å². The molecule has 2 atom stereocenters. The summed E-state index contributed by atoms with van der Waals surface area (Å²) >= 11 is 5.78. The first-order valence-electron chi connectivity index (χ1n) is 6.24. The number of carbonyl (C=O) groups excluding carboxylic acids is 1. The quantitative estimate of drug-likeness (QED) is 0.855. The van der Waals surface area contributed by atoms with Crippen molar-refractivity contribution in [3.8, 4) is 0 Å². The average Bonchev–Trinajstić information content (AvgIpc) is 2.39. The number of halogens is 1. The van der Waals surface area contributed by atoms with Gasteiger partial charge in [-0.1, -0.05) is 19.1 Å². The van der Waals surface area contributed by atoms with Gasteiger partial charge in [-0.15, -0.1) is 11.6 Å². The number of nitrogens with one attached hydrogen (secondary N) is 1. The highest BCUT2D eigenvalue weighted by molar-refractivity contribution is 6.17. The van der Waals surface area contributed by atoms with Crippen LogP contribution >= 0.6 is 11.6 Å². The second kappa shape index (κ2) is 6.21. The van der Waals surface area contributed by atoms with E-state index in [2.05, 4.69) is 12.2 Å². The molecular formula is C14H18ClNO2. The Kier molecular flexibility index (Phi) is 4.61. The zero-order valence-electron chi connectivity index (χ0n) is 10.5. The molecule has 1 fully saturated rings. The number of carbonyl (C=O) groups is 1. The third-order valence-corrected chi connectivity index (χ3v) is 3.64. The largest absolute Gasteiger partial charge is 0.381 e. The van der Waals surface area contributed by atoms with E-state index in [4.69, 9.17) is 16.3 Å². The molecule has 0 aliphatic carbocycles. The van der Waals surface area contributed by atoms with Gasteiger partial charge in [-0.05, 0) is 30.0 Å². The molecule has 1 aliphatic heterocycles. The number of benzene rings is 1. The van der Waals surface area contributed by atoms with Crippen molar-refractivity contribution in [1.82, 2.24) is 0 Å². The zero-order valence-corrected chi connectivity index (χ0v) is 11.2. The summed E-state index contributed by atoms with van der Waals surface area (Å²) in [4.78, 5) is 12.2. The van der Waals surface area contributed by atoms with Crippen LogP contribution < -0.4 is 5.32 Å². The molecule has 2 unspecified atom stereocenters. The van der Waals surface area contributed by atoms with E-state index in [-0.39, 0.29) is 17.7 Å². The Hall–Kier alpha value is -1.06. The summed E-state index contributed by atoms with van der Waals surface area (Å²) in [5.74, 6) is 0.850. The standard InChI is InChI=1S/C14H18ClNO2/c1-10-9-18-6-5-13(10)14(17)16-12-4-2-3-11(7-12)8-15/h2-4,7,10,13H,5-6,8-9H2,1H3,(H,16,17). The molecule has 0 saturated carbocycles. The van der Waals surface area contributed by atoms with Crippen molar-refractivity contribution in [1.29, 1.82) is 0 Å². The molecule has 1 amide bonds. The van der Waals surface area contributed by atoms with Gasteiger partial charge < -0.3 is 10.1 Å². The Morgan fingerprint density at radius 2 is 2.39 bits per heavy atom. The summed E-state index contributed by atoms with van der Waals surface area (Å²) in [6.45, 7) is 3.39. The lowest BCUT2D eigenvalue weighted by molar-refractivity contribution is -0.125. The van der Waals surface area contributed by atoms with Gasteiger partial charge in [0, 0.05) is 30.7 Å². The molecule has 0 aromatic heterocycles. The molecular weight excluding hydrogens is 250 g/mol. The second-order valence-electron chi connectivity index (χ2n) is 4.77. The van der Waals surface area contributed by atoms with E-state index >= 15 is 0 Å². The Morgan fingerprint density at radius 3 is 3.11 bits per heavy atom. The molecule has 1 aromatic rings. The van der Waals surface area contributed by atoms with Gasteiger partial charge in [0.2, 0.25) is 5.91 Å². The third kappa shape index (κ3) is 3.24. The first-order valence-corrected chi connectivity index (χ1v) is 6.77. The van der Waals surface area contributed by atoms with E-state index in [1.54, 1.807) is 0 Å². The van der Waals surface area contributed by atoms with Crippen LogP contribution in [0.5, 0.6) is 0 Å². The first-order chi connectivity index (χ1) is 8.70. The van der Waals surface area contributed by atoms with E-state index in [1.807, 2.05) is 24.3 Å². The SMILES string of the molecule is CC1COCCC1C(=O)Nc1cccc(CCl)c1. The molecule has 0 bridgehead atoms. The minimum Gasteiger partial charge on any atom is -0.381 e. The molecule has 1 N–H and O–H groups in total. The lowest BCUT2D eigenvalue weighted by atomic mass is 9.89. The summed E-state index contributed by atoms with van der Waals surface area (Å²) in [5.41, 5.74) is 1.83. The lowest BCUT2D eigenvalue weighted by Crippen LogP contribution is -2.35. The van der Waals surface area contributed by atoms with Crippen LogP contribution in [0.1, 0.15) is 18.9 Å². The van der Waals surface area contributed by atoms with E-state index in [9.17, 15) is 4.79 Å². The van der Waals surface area contributed by atoms with Crippen LogP contribution in [0.15, 0.2) is 24.3 Å². The minimum absolute atomic E-state index is 0.0402. The Bertz CT molecular complexity index is 422. The first kappa shape index (κ1) is 13.4. The van der Waals surface area contributed by atoms with E-state index in [0.717, 1.165) is 17.7 Å². The van der Waals surface area contributed by atoms with Crippen molar-refractivity contribution in [3.05, 3.63) is 29.8 Å². The van der Waals surface area contributed by atoms with Crippen molar-refractivity contribution in [2.45, 2.75) is 19.2 Å². The van der Waals surface area contributed by atoms with Crippen molar-refractivity contribution in [2.24, 2.45) is 11.8 Å². The van der Waals surface area contributed by atoms with Gasteiger partial charge in [0.1, 0.15) is 0 Å². The van der Waals surface area contributed by atoms with E-state index in [0.29, 0.717) is 19.1 Å². The van der Waals surface area contributed by atoms with Crippen LogP contribution in [0.4, 0.5) is 5.69 Å². The molecule has 4 heteroatoms. The number of ether oxygens (including phenoxy) is 1. The number of hydrogen-bond acceptors (Lipinski definition) is 2. The summed E-state index contributed by atoms with van der Waals surface area (Å²) < 4.78 is 5.35. The third-order valence-electron chi connectivity index (χ3n) is 3.33. The predicted molar refractivity (Wildman–Crippen MR) is 72.7 cm³/mol. The smallest absolute Gasteiger partial charge is 0.227 e. The maximum absolute atomic E-state index is 12.2. The maximum Gasteiger partial charge on any atom is 0.227 e. The summed E-state index contributed by atoms with van der Waals surface area (Å²) in [5, 5.41) is 2.96. The van der Waals surface area contributed by atoms with Gasteiger partial charge in [-0.3, -0.25) is 4.79 Å². The monoisotopic (exact) mass is 267 g/mol. The molecule has 1 aromatic carbocycles. The van der Waals surface area contributed by atoms with Gasteiger partial charge in [0.25, 0.3) is 0 Å². The van der Waals surface area contributed by atoms with Crippen LogP contribution in [0.3, 0.4) is 0 Å². The summed E-state index contributed by atoms with van der Waals surface area (Å²) in [6, 6.07) is 7.65. The summed E-state index contributed by atoms with van der Waals surface area (Å²) in [6.07, 6.45) is 0.794. The highest BCUT2D eigenvalue weighted by atomic mass is 35.5. The van der Waals surface area contributed by atoms with Gasteiger partial charge in [-0.25, -0.2) is 0 Å². The van der Waals surface area contributed by atoms with Crippen LogP contribution in [0.25, 0.3) is 0 Å². The van der Waals surface area contributed by atoms with E-state index in [1.165, 1.54) is 0 Å². The number of hydrogen-bond donors (Lipinski definition) is 1. The molecule has 1 aliphatic rings. The van der Waals surface area contributed by atoms with Crippen LogP contribution in [-0.4, -0.2) is 19.1 Å². The highest BCUT2D eigenvalue weighted by Crippen LogP contribution is 2.23. The average molecular weight is 268 g/mol. The number of alkyl halides is 1. The van der Waals surface area contributed by atoms with Crippen LogP contribution in [0.2, 0.25) is 0 Å². The zero-order chi connectivity index (χ0) is 13.0. The van der Waals surface area contributed by atoms with Crippen LogP contribution in [0, 0.1) is 11.8 Å². The highest BCUT2D eigenvalue weighted by Gasteiger charge is 2.28. The normalized spacial score (nSPS) is 23.7. The van der Waals surface area contributed by atoms with E-state index < -0.39 is 0 Å². The maximum atomic E-state index is 12.2. The fraction of sp³-hybridized carbons (Fsp3) is 0.500. The number of anilines is 1. The second-order valence-corrected chi connectivity index (χ2v) is 5.04. The molecule has 98 valence electrons. The molecule has 3 nitrogen and oxygen atoms in total. The molecule has 1 heterocycles. The van der Waals surface area contributed by atoms with Crippen molar-refractivity contribution >= 4 is 23.2 Å². The minimum atomic E-state index is 0.0402. The topological polar surface area (TPSA) is 38.3 Å². The van der Waals surface area contributed by atoms with Crippen molar-refractivity contribution in [2.75, 3.05) is 18.5 Å². The molecule has 1 saturated heterocycles. The van der Waals surface area contributed by atoms with Crippen LogP contribution in [-0.2, 0) is 15.4 Å². The molecule has 0 spiro atoms. The van der Waals surface area contributed by atoms with Gasteiger partial charge in [0.05, 0.1) is 0 Å². The molecule has 18 heavy (non-hydrogen) atoms. The Balaban J connectivity index is 2.01. The van der Waals surface area contributed by atoms with Crippen molar-refractivity contribution < 1.29 is 9.53 Å². The summed E-state index contributed by atoms with van der Waals surface area (Å²) in [7, 11) is 0. The molecule has 2 rings (SSSR count). The Morgan fingerprint density at radius 1 is 1.56 bits per heavy atom. The lowest BCUT2D eigenvalue weighted by Gasteiger charge is -2.27. The van der Waals surface area contributed by atoms with Gasteiger partial charge in [0.15, 0.2) is 0 Å². The van der Waals surface area contributed by atoms with Gasteiger partial charge >= 0.3 is 0 Å². The fourth-order valence-electron chi connectivity index (χ4n) is 2.24. The van der Waals surface area contributed by atoms with Gasteiger partial charge in [-0.2, -0.15) is 0 Å². The number of amides is 1. The number of rotatable bonds is 3. The fourth-order valence-corrected chi connectivity index (χ4v) is 2.40. The molecule has 0 radical (unpaired) electrons. The van der Waals surface area contributed by atoms with Crippen molar-refractivity contribution in [3.63, 3.8) is 0 Å².